The molecule has 0 radical (unpaired) electrons. The number of benzene rings is 1. The van der Waals surface area contributed by atoms with E-state index in [4.69, 9.17) is 21.1 Å². The molecule has 0 spiro atoms. The van der Waals surface area contributed by atoms with E-state index in [0.29, 0.717) is 16.5 Å². The van der Waals surface area contributed by atoms with E-state index in [1.165, 1.54) is 0 Å². The van der Waals surface area contributed by atoms with E-state index in [1.54, 1.807) is 25.3 Å². The standard InChI is InChI=1S/C14H20ClNO3/c1-4-10(5-2)13(16-17)9-19-11-6-7-14(18-3)12(15)8-11/h6-8,10,13H,4-5,9H2,1-3H3. The third-order valence-electron chi connectivity index (χ3n) is 3.27. The molecule has 106 valence electrons. The van der Waals surface area contributed by atoms with E-state index in [9.17, 15) is 4.91 Å². The van der Waals surface area contributed by atoms with E-state index in [0.717, 1.165) is 12.8 Å². The third kappa shape index (κ3) is 4.39. The molecule has 1 unspecified atom stereocenters. The first-order chi connectivity index (χ1) is 9.15. The van der Waals surface area contributed by atoms with E-state index in [1.807, 2.05) is 0 Å². The zero-order chi connectivity index (χ0) is 14.3. The number of nitrogens with zero attached hydrogens (tertiary/aromatic N) is 1. The molecule has 0 saturated carbocycles. The van der Waals surface area contributed by atoms with Crippen molar-refractivity contribution in [2.45, 2.75) is 32.7 Å². The molecule has 0 heterocycles. The minimum atomic E-state index is -0.323. The molecular formula is C14H20ClNO3. The van der Waals surface area contributed by atoms with Crippen molar-refractivity contribution in [1.82, 2.24) is 0 Å². The highest BCUT2D eigenvalue weighted by Crippen LogP contribution is 2.28. The molecule has 19 heavy (non-hydrogen) atoms. The predicted molar refractivity (Wildman–Crippen MR) is 77.2 cm³/mol. The van der Waals surface area contributed by atoms with Crippen molar-refractivity contribution in [3.8, 4) is 11.5 Å². The van der Waals surface area contributed by atoms with Crippen molar-refractivity contribution in [2.75, 3.05) is 13.7 Å². The molecule has 1 rings (SSSR count). The lowest BCUT2D eigenvalue weighted by Crippen LogP contribution is -2.24. The monoisotopic (exact) mass is 285 g/mol. The average Bonchev–Trinajstić information content (AvgIpc) is 2.43. The maximum Gasteiger partial charge on any atom is 0.137 e. The molecule has 0 aliphatic rings. The number of methoxy groups -OCH3 is 1. The fourth-order valence-electron chi connectivity index (χ4n) is 2.00. The highest BCUT2D eigenvalue weighted by Gasteiger charge is 2.20. The Kier molecular flexibility index (Phi) is 6.64. The zero-order valence-corrected chi connectivity index (χ0v) is 12.3. The average molecular weight is 286 g/mol. The summed E-state index contributed by atoms with van der Waals surface area (Å²) in [5.41, 5.74) is 0. The van der Waals surface area contributed by atoms with Gasteiger partial charge in [-0.05, 0) is 18.1 Å². The van der Waals surface area contributed by atoms with Crippen LogP contribution in [0.3, 0.4) is 0 Å². The van der Waals surface area contributed by atoms with Crippen molar-refractivity contribution in [3.05, 3.63) is 28.1 Å². The second-order valence-corrected chi connectivity index (χ2v) is 4.76. The summed E-state index contributed by atoms with van der Waals surface area (Å²) in [6.07, 6.45) is 1.83. The Labute approximate surface area is 119 Å². The normalized spacial score (nSPS) is 12.3. The van der Waals surface area contributed by atoms with Gasteiger partial charge in [-0.2, -0.15) is 4.91 Å². The van der Waals surface area contributed by atoms with Crippen molar-refractivity contribution in [2.24, 2.45) is 11.1 Å². The number of ether oxygens (including phenoxy) is 2. The van der Waals surface area contributed by atoms with Crippen LogP contribution in [0.4, 0.5) is 0 Å². The van der Waals surface area contributed by atoms with E-state index in [2.05, 4.69) is 19.0 Å². The minimum absolute atomic E-state index is 0.256. The van der Waals surface area contributed by atoms with Gasteiger partial charge in [0.15, 0.2) is 0 Å². The summed E-state index contributed by atoms with van der Waals surface area (Å²) in [5.74, 6) is 1.47. The van der Waals surface area contributed by atoms with Crippen LogP contribution in [0.15, 0.2) is 23.4 Å². The summed E-state index contributed by atoms with van der Waals surface area (Å²) < 4.78 is 10.7. The number of halogens is 1. The number of hydrogen-bond donors (Lipinski definition) is 0. The third-order valence-corrected chi connectivity index (χ3v) is 3.57. The molecule has 0 bridgehead atoms. The van der Waals surface area contributed by atoms with Crippen molar-refractivity contribution < 1.29 is 9.47 Å². The Morgan fingerprint density at radius 1 is 1.32 bits per heavy atom. The van der Waals surface area contributed by atoms with E-state index in [-0.39, 0.29) is 18.6 Å². The van der Waals surface area contributed by atoms with Crippen LogP contribution in [0.1, 0.15) is 26.7 Å². The Morgan fingerprint density at radius 3 is 2.47 bits per heavy atom. The summed E-state index contributed by atoms with van der Waals surface area (Å²) in [6, 6.07) is 4.85. The molecule has 1 atom stereocenters. The second kappa shape index (κ2) is 8.00. The smallest absolute Gasteiger partial charge is 0.137 e. The van der Waals surface area contributed by atoms with Gasteiger partial charge >= 0.3 is 0 Å². The summed E-state index contributed by atoms with van der Waals surface area (Å²) in [4.78, 5) is 10.9. The topological polar surface area (TPSA) is 47.9 Å². The molecule has 5 heteroatoms. The molecule has 1 aromatic carbocycles. The Bertz CT molecular complexity index is 408. The summed E-state index contributed by atoms with van der Waals surface area (Å²) >= 11 is 6.01. The molecule has 0 aliphatic heterocycles. The molecular weight excluding hydrogens is 266 g/mol. The van der Waals surface area contributed by atoms with Gasteiger partial charge in [0.1, 0.15) is 24.1 Å². The summed E-state index contributed by atoms with van der Waals surface area (Å²) in [5, 5.41) is 3.65. The number of hydrogen-bond acceptors (Lipinski definition) is 4. The lowest BCUT2D eigenvalue weighted by molar-refractivity contribution is 0.239. The minimum Gasteiger partial charge on any atom is -0.495 e. The van der Waals surface area contributed by atoms with Crippen LogP contribution >= 0.6 is 11.6 Å². The van der Waals surface area contributed by atoms with Crippen LogP contribution in [-0.2, 0) is 0 Å². The van der Waals surface area contributed by atoms with Gasteiger partial charge in [-0.25, -0.2) is 0 Å². The first-order valence-corrected chi connectivity index (χ1v) is 6.82. The SMILES string of the molecule is CCC(CC)C(COc1ccc(OC)c(Cl)c1)N=O. The largest absolute Gasteiger partial charge is 0.495 e. The molecule has 0 N–H and O–H groups in total. The molecule has 1 aromatic rings. The van der Waals surface area contributed by atoms with Crippen LogP contribution in [-0.4, -0.2) is 19.8 Å². The Morgan fingerprint density at radius 2 is 2.00 bits per heavy atom. The fourth-order valence-corrected chi connectivity index (χ4v) is 2.25. The molecule has 4 nitrogen and oxygen atoms in total. The Hall–Kier alpha value is -1.29. The first kappa shape index (κ1) is 15.8. The summed E-state index contributed by atoms with van der Waals surface area (Å²) in [6.45, 7) is 4.38. The highest BCUT2D eigenvalue weighted by atomic mass is 35.5. The van der Waals surface area contributed by atoms with Gasteiger partial charge in [-0.1, -0.05) is 43.5 Å². The number of rotatable bonds is 8. The maximum atomic E-state index is 10.9. The maximum absolute atomic E-state index is 10.9. The van der Waals surface area contributed by atoms with Gasteiger partial charge in [0.05, 0.1) is 12.1 Å². The van der Waals surface area contributed by atoms with Crippen LogP contribution in [0.5, 0.6) is 11.5 Å². The van der Waals surface area contributed by atoms with Crippen LogP contribution in [0.25, 0.3) is 0 Å². The van der Waals surface area contributed by atoms with Gasteiger partial charge < -0.3 is 9.47 Å². The van der Waals surface area contributed by atoms with Gasteiger partial charge in [0.25, 0.3) is 0 Å². The van der Waals surface area contributed by atoms with Crippen LogP contribution in [0.2, 0.25) is 5.02 Å². The molecule has 0 saturated heterocycles. The molecule has 0 fully saturated rings. The highest BCUT2D eigenvalue weighted by molar-refractivity contribution is 6.32. The molecule has 0 aliphatic carbocycles. The van der Waals surface area contributed by atoms with Crippen molar-refractivity contribution >= 4 is 11.6 Å². The predicted octanol–water partition coefficient (Wildman–Crippen LogP) is 4.30. The Balaban J connectivity index is 2.64. The zero-order valence-electron chi connectivity index (χ0n) is 11.6. The van der Waals surface area contributed by atoms with Gasteiger partial charge in [-0.3, -0.25) is 0 Å². The molecule has 0 amide bonds. The van der Waals surface area contributed by atoms with Gasteiger partial charge in [0.2, 0.25) is 0 Å². The van der Waals surface area contributed by atoms with E-state index < -0.39 is 0 Å². The van der Waals surface area contributed by atoms with Crippen LogP contribution in [0, 0.1) is 10.8 Å². The van der Waals surface area contributed by atoms with Gasteiger partial charge in [-0.15, -0.1) is 0 Å². The number of nitroso groups, excluding NO2 is 1. The lowest BCUT2D eigenvalue weighted by atomic mass is 9.95. The van der Waals surface area contributed by atoms with Gasteiger partial charge in [0, 0.05) is 6.07 Å². The van der Waals surface area contributed by atoms with Crippen molar-refractivity contribution in [3.63, 3.8) is 0 Å². The quantitative estimate of drug-likeness (QED) is 0.669. The first-order valence-electron chi connectivity index (χ1n) is 6.45. The fraction of sp³-hybridized carbons (Fsp3) is 0.571. The van der Waals surface area contributed by atoms with E-state index >= 15 is 0 Å². The summed E-state index contributed by atoms with van der Waals surface area (Å²) in [7, 11) is 1.56. The lowest BCUT2D eigenvalue weighted by Gasteiger charge is -2.19. The van der Waals surface area contributed by atoms with Crippen LogP contribution < -0.4 is 9.47 Å². The second-order valence-electron chi connectivity index (χ2n) is 4.36. The molecule has 0 aromatic heterocycles. The van der Waals surface area contributed by atoms with Crippen molar-refractivity contribution in [1.29, 1.82) is 0 Å².